The topological polar surface area (TPSA) is 137 Å². The van der Waals surface area contributed by atoms with Crippen LogP contribution in [0.3, 0.4) is 0 Å². The fourth-order valence-electron chi connectivity index (χ4n) is 5.73. The van der Waals surface area contributed by atoms with Gasteiger partial charge in [-0.2, -0.15) is 26.3 Å². The zero-order valence-corrected chi connectivity index (χ0v) is 27.9. The van der Waals surface area contributed by atoms with E-state index >= 15 is 0 Å². The van der Waals surface area contributed by atoms with Crippen LogP contribution in [0.2, 0.25) is 0 Å². The Morgan fingerprint density at radius 3 is 1.23 bits per heavy atom. The van der Waals surface area contributed by atoms with Crippen LogP contribution < -0.4 is 0 Å². The molecular formula is C36H34F6N6O4. The van der Waals surface area contributed by atoms with Crippen molar-refractivity contribution in [2.24, 2.45) is 9.98 Å². The number of carbonyl (C=O) groups is 2. The number of aromatic amines is 2. The Morgan fingerprint density at radius 2 is 0.923 bits per heavy atom. The quantitative estimate of drug-likeness (QED) is 0.142. The van der Waals surface area contributed by atoms with Gasteiger partial charge in [-0.25, -0.2) is 9.59 Å². The number of aromatic nitrogens is 2. The van der Waals surface area contributed by atoms with Crippen LogP contribution in [0, 0.1) is 0 Å². The van der Waals surface area contributed by atoms with E-state index in [0.29, 0.717) is 0 Å². The smallest absolute Gasteiger partial charge is 0.475 e. The van der Waals surface area contributed by atoms with Crippen molar-refractivity contribution in [3.05, 3.63) is 83.9 Å². The zero-order valence-electron chi connectivity index (χ0n) is 27.9. The fraction of sp³-hybridized carbons (Fsp3) is 0.278. The molecule has 2 aliphatic rings. The van der Waals surface area contributed by atoms with Crippen LogP contribution in [-0.2, 0) is 9.59 Å². The summed E-state index contributed by atoms with van der Waals surface area (Å²) in [4.78, 5) is 39.1. The molecule has 4 heterocycles. The summed E-state index contributed by atoms with van der Waals surface area (Å²) in [6.45, 7) is 3.93. The highest BCUT2D eigenvalue weighted by atomic mass is 19.4. The lowest BCUT2D eigenvalue weighted by Crippen LogP contribution is -2.32. The summed E-state index contributed by atoms with van der Waals surface area (Å²) in [6.07, 6.45) is -7.92. The van der Waals surface area contributed by atoms with Gasteiger partial charge in [-0.1, -0.05) is 48.5 Å². The van der Waals surface area contributed by atoms with Crippen molar-refractivity contribution in [2.75, 3.05) is 40.3 Å². The standard InChI is InChI=1S/C32H32N6.2C2HF3O2/c1-37-15-3-13-33-31(37)25-11-9-23-17-27(35-29(23)19-25)21-5-7-22(8-6-21)28-18-24-10-12-26(20-30(24)36-28)32-34-14-4-16-38(32)2;2*3-2(4,5)1(6)7/h5-12,17-20,35-36H,3-4,13-16H2,1-2H3;2*(H,6,7). The van der Waals surface area contributed by atoms with Crippen molar-refractivity contribution < 1.29 is 46.1 Å². The first-order chi connectivity index (χ1) is 24.5. The van der Waals surface area contributed by atoms with Gasteiger partial charge in [0, 0.05) is 84.6 Å². The minimum absolute atomic E-state index is 0.907. The van der Waals surface area contributed by atoms with Gasteiger partial charge in [-0.05, 0) is 48.2 Å². The molecule has 0 bridgehead atoms. The Morgan fingerprint density at radius 1 is 0.596 bits per heavy atom. The molecule has 0 unspecified atom stereocenters. The Hall–Kier alpha value is -5.80. The Balaban J connectivity index is 0.000000318. The molecule has 52 heavy (non-hydrogen) atoms. The highest BCUT2D eigenvalue weighted by Crippen LogP contribution is 2.30. The van der Waals surface area contributed by atoms with Gasteiger partial charge in [0.15, 0.2) is 0 Å². The second-order valence-electron chi connectivity index (χ2n) is 12.1. The van der Waals surface area contributed by atoms with Gasteiger partial charge < -0.3 is 30.0 Å². The highest BCUT2D eigenvalue weighted by Gasteiger charge is 2.38. The summed E-state index contributed by atoms with van der Waals surface area (Å²) in [5.41, 5.74) is 9.24. The number of fused-ring (bicyclic) bond motifs is 2. The molecule has 5 aromatic rings. The number of aliphatic carboxylic acids is 2. The van der Waals surface area contributed by atoms with E-state index in [2.05, 4.69) is 107 Å². The van der Waals surface area contributed by atoms with E-state index in [1.54, 1.807) is 0 Å². The number of carboxylic acid groups (broad SMARTS) is 2. The first-order valence-corrected chi connectivity index (χ1v) is 16.0. The van der Waals surface area contributed by atoms with Crippen molar-refractivity contribution >= 4 is 45.4 Å². The second-order valence-corrected chi connectivity index (χ2v) is 12.1. The van der Waals surface area contributed by atoms with Crippen molar-refractivity contribution in [3.63, 3.8) is 0 Å². The van der Waals surface area contributed by atoms with Gasteiger partial charge in [0.05, 0.1) is 0 Å². The monoisotopic (exact) mass is 728 g/mol. The molecule has 4 N–H and O–H groups in total. The fourth-order valence-corrected chi connectivity index (χ4v) is 5.73. The predicted octanol–water partition coefficient (Wildman–Crippen LogP) is 7.41. The number of nitrogens with one attached hydrogen (secondary N) is 2. The number of benzene rings is 3. The van der Waals surface area contributed by atoms with Gasteiger partial charge in [-0.3, -0.25) is 9.98 Å². The summed E-state index contributed by atoms with van der Waals surface area (Å²) in [5, 5.41) is 16.7. The van der Waals surface area contributed by atoms with Crippen molar-refractivity contribution in [1.29, 1.82) is 0 Å². The van der Waals surface area contributed by atoms with Gasteiger partial charge in [0.2, 0.25) is 0 Å². The lowest BCUT2D eigenvalue weighted by Gasteiger charge is -2.25. The van der Waals surface area contributed by atoms with Crippen LogP contribution in [-0.4, -0.2) is 106 Å². The third-order valence-electron chi connectivity index (χ3n) is 8.30. The number of hydrogen-bond acceptors (Lipinski definition) is 6. The van der Waals surface area contributed by atoms with E-state index in [1.807, 2.05) is 0 Å². The number of amidine groups is 2. The van der Waals surface area contributed by atoms with E-state index < -0.39 is 24.3 Å². The summed E-state index contributed by atoms with van der Waals surface area (Å²) in [5.74, 6) is -3.34. The second kappa shape index (κ2) is 15.2. The van der Waals surface area contributed by atoms with E-state index in [4.69, 9.17) is 29.8 Å². The van der Waals surface area contributed by atoms with Crippen LogP contribution in [0.5, 0.6) is 0 Å². The molecule has 0 amide bonds. The highest BCUT2D eigenvalue weighted by molar-refractivity contribution is 6.03. The van der Waals surface area contributed by atoms with Gasteiger partial charge in [0.25, 0.3) is 0 Å². The van der Waals surface area contributed by atoms with Crippen molar-refractivity contribution in [1.82, 2.24) is 19.8 Å². The minimum atomic E-state index is -5.08. The molecule has 16 heteroatoms. The number of H-pyrrole nitrogens is 2. The molecule has 2 aliphatic heterocycles. The molecule has 274 valence electrons. The first-order valence-electron chi connectivity index (χ1n) is 16.0. The lowest BCUT2D eigenvalue weighted by atomic mass is 10.1. The molecular weight excluding hydrogens is 694 g/mol. The molecule has 0 atom stereocenters. The Kier molecular flexibility index (Phi) is 11.0. The maximum Gasteiger partial charge on any atom is 0.490 e. The maximum atomic E-state index is 10.6. The van der Waals surface area contributed by atoms with E-state index in [0.717, 1.165) is 73.1 Å². The zero-order chi connectivity index (χ0) is 37.8. The average Bonchev–Trinajstić information content (AvgIpc) is 3.72. The van der Waals surface area contributed by atoms with E-state index in [1.165, 1.54) is 33.0 Å². The first kappa shape index (κ1) is 37.5. The van der Waals surface area contributed by atoms with Crippen molar-refractivity contribution in [3.8, 4) is 22.5 Å². The maximum absolute atomic E-state index is 10.6. The molecule has 7 rings (SSSR count). The third kappa shape index (κ3) is 8.91. The predicted molar refractivity (Wildman–Crippen MR) is 186 cm³/mol. The number of carboxylic acids is 2. The molecule has 0 saturated carbocycles. The van der Waals surface area contributed by atoms with E-state index in [9.17, 15) is 26.3 Å². The summed E-state index contributed by atoms with van der Waals surface area (Å²) in [6, 6.07) is 26.5. The lowest BCUT2D eigenvalue weighted by molar-refractivity contribution is -0.193. The molecule has 0 aliphatic carbocycles. The largest absolute Gasteiger partial charge is 0.490 e. The third-order valence-corrected chi connectivity index (χ3v) is 8.30. The molecule has 0 spiro atoms. The minimum Gasteiger partial charge on any atom is -0.475 e. The molecule has 0 radical (unpaired) electrons. The van der Waals surface area contributed by atoms with Gasteiger partial charge >= 0.3 is 24.3 Å². The Labute approximate surface area is 293 Å². The average molecular weight is 729 g/mol. The van der Waals surface area contributed by atoms with Gasteiger partial charge in [0.1, 0.15) is 11.7 Å². The number of aliphatic imine (C=N–C) groups is 2. The molecule has 3 aromatic carbocycles. The molecule has 10 nitrogen and oxygen atoms in total. The van der Waals surface area contributed by atoms with Crippen LogP contribution in [0.1, 0.15) is 24.0 Å². The number of alkyl halides is 6. The van der Waals surface area contributed by atoms with E-state index in [-0.39, 0.29) is 0 Å². The van der Waals surface area contributed by atoms with Crippen LogP contribution >= 0.6 is 0 Å². The summed E-state index contributed by atoms with van der Waals surface area (Å²) < 4.78 is 63.5. The summed E-state index contributed by atoms with van der Waals surface area (Å²) >= 11 is 0. The molecule has 0 saturated heterocycles. The molecule has 0 fully saturated rings. The number of rotatable bonds is 4. The molecule has 2 aromatic heterocycles. The van der Waals surface area contributed by atoms with Crippen LogP contribution in [0.15, 0.2) is 82.8 Å². The number of halogens is 6. The normalized spacial score (nSPS) is 14.9. The van der Waals surface area contributed by atoms with Crippen LogP contribution in [0.4, 0.5) is 26.3 Å². The van der Waals surface area contributed by atoms with Crippen molar-refractivity contribution in [2.45, 2.75) is 25.2 Å². The van der Waals surface area contributed by atoms with Gasteiger partial charge in [-0.15, -0.1) is 0 Å². The SMILES string of the molecule is CN1CCCN=C1c1ccc2cc(-c3ccc(-c4cc5ccc(C6=NCCCN6C)cc5[nH]4)cc3)[nH]c2c1.O=C(O)C(F)(F)F.O=C(O)C(F)(F)F. The number of nitrogens with zero attached hydrogens (tertiary/aromatic N) is 4. The van der Waals surface area contributed by atoms with Crippen LogP contribution in [0.25, 0.3) is 44.3 Å². The summed E-state index contributed by atoms with van der Waals surface area (Å²) in [7, 11) is 4.25. The number of hydrogen-bond donors (Lipinski definition) is 4. The Bertz CT molecular complexity index is 1980.